The summed E-state index contributed by atoms with van der Waals surface area (Å²) < 4.78 is 13.8. The van der Waals surface area contributed by atoms with Gasteiger partial charge in [-0.25, -0.2) is 9.37 Å². The second kappa shape index (κ2) is 6.31. The van der Waals surface area contributed by atoms with Gasteiger partial charge in [-0.2, -0.15) is 0 Å². The van der Waals surface area contributed by atoms with Crippen LogP contribution in [0.15, 0.2) is 42.6 Å². The lowest BCUT2D eigenvalue weighted by molar-refractivity contribution is 0.596. The van der Waals surface area contributed by atoms with Crippen LogP contribution >= 0.6 is 11.6 Å². The van der Waals surface area contributed by atoms with Crippen LogP contribution in [0.3, 0.4) is 0 Å². The number of benzene rings is 1. The first-order valence-electron chi connectivity index (χ1n) is 7.04. The molecule has 1 aliphatic heterocycles. The number of aromatic nitrogens is 1. The van der Waals surface area contributed by atoms with E-state index in [9.17, 15) is 4.39 Å². The number of alkyl halides is 1. The number of pyridine rings is 1. The van der Waals surface area contributed by atoms with Gasteiger partial charge in [-0.15, -0.1) is 11.6 Å². The normalized spacial score (nSPS) is 15.3. The molecule has 3 nitrogen and oxygen atoms in total. The molecule has 0 amide bonds. The van der Waals surface area contributed by atoms with Crippen LogP contribution in [0.1, 0.15) is 5.56 Å². The standard InChI is InChI=1S/C16H17ClFN3/c17-12-13-4-3-7-19-16(13)21-10-8-20(9-11-21)15-6-2-1-5-14(15)18/h1-7H,8-12H2. The molecular formula is C16H17ClFN3. The molecule has 0 radical (unpaired) electrons. The molecule has 1 aromatic heterocycles. The number of rotatable bonds is 3. The van der Waals surface area contributed by atoms with Crippen molar-refractivity contribution in [1.29, 1.82) is 0 Å². The fourth-order valence-electron chi connectivity index (χ4n) is 2.69. The van der Waals surface area contributed by atoms with Gasteiger partial charge in [0.2, 0.25) is 0 Å². The van der Waals surface area contributed by atoms with Crippen molar-refractivity contribution in [3.05, 3.63) is 54.0 Å². The molecule has 1 aliphatic rings. The van der Waals surface area contributed by atoms with Crippen LogP contribution in [0.4, 0.5) is 15.9 Å². The molecular weight excluding hydrogens is 289 g/mol. The highest BCUT2D eigenvalue weighted by Crippen LogP contribution is 2.24. The van der Waals surface area contributed by atoms with Crippen LogP contribution < -0.4 is 9.80 Å². The minimum Gasteiger partial charge on any atom is -0.366 e. The van der Waals surface area contributed by atoms with E-state index in [0.29, 0.717) is 11.6 Å². The first kappa shape index (κ1) is 14.1. The molecule has 0 unspecified atom stereocenters. The Kier molecular flexibility index (Phi) is 4.25. The summed E-state index contributed by atoms with van der Waals surface area (Å²) in [5, 5.41) is 0. The molecule has 110 valence electrons. The molecule has 0 atom stereocenters. The Hall–Kier alpha value is -1.81. The number of halogens is 2. The SMILES string of the molecule is Fc1ccccc1N1CCN(c2ncccc2CCl)CC1. The lowest BCUT2D eigenvalue weighted by Gasteiger charge is -2.37. The summed E-state index contributed by atoms with van der Waals surface area (Å²) in [4.78, 5) is 8.73. The van der Waals surface area contributed by atoms with Crippen molar-refractivity contribution in [3.8, 4) is 0 Å². The molecule has 3 rings (SSSR count). The number of para-hydroxylation sites is 1. The maximum atomic E-state index is 13.8. The summed E-state index contributed by atoms with van der Waals surface area (Å²) in [6.07, 6.45) is 1.79. The molecule has 0 N–H and O–H groups in total. The van der Waals surface area contributed by atoms with Crippen LogP contribution in [-0.4, -0.2) is 31.2 Å². The van der Waals surface area contributed by atoms with Crippen molar-refractivity contribution in [1.82, 2.24) is 4.98 Å². The quantitative estimate of drug-likeness (QED) is 0.811. The van der Waals surface area contributed by atoms with Crippen LogP contribution in [0.5, 0.6) is 0 Å². The summed E-state index contributed by atoms with van der Waals surface area (Å²) in [5.74, 6) is 1.24. The maximum absolute atomic E-state index is 13.8. The molecule has 0 aliphatic carbocycles. The summed E-state index contributed by atoms with van der Waals surface area (Å²) in [6, 6.07) is 10.8. The van der Waals surface area contributed by atoms with Gasteiger partial charge >= 0.3 is 0 Å². The molecule has 1 fully saturated rings. The van der Waals surface area contributed by atoms with Gasteiger partial charge in [0.25, 0.3) is 0 Å². The zero-order valence-corrected chi connectivity index (χ0v) is 12.4. The number of anilines is 2. The van der Waals surface area contributed by atoms with E-state index in [4.69, 9.17) is 11.6 Å². The Bertz CT molecular complexity index is 612. The third kappa shape index (κ3) is 2.95. The van der Waals surface area contributed by atoms with E-state index >= 15 is 0 Å². The van der Waals surface area contributed by atoms with Crippen molar-refractivity contribution < 1.29 is 4.39 Å². The van der Waals surface area contributed by atoms with Gasteiger partial charge in [0, 0.05) is 37.9 Å². The van der Waals surface area contributed by atoms with Crippen LogP contribution in [0.25, 0.3) is 0 Å². The Labute approximate surface area is 129 Å². The van der Waals surface area contributed by atoms with E-state index in [0.717, 1.165) is 37.6 Å². The predicted molar refractivity (Wildman–Crippen MR) is 84.6 cm³/mol. The van der Waals surface area contributed by atoms with E-state index < -0.39 is 0 Å². The Morgan fingerprint density at radius 2 is 1.71 bits per heavy atom. The molecule has 5 heteroatoms. The highest BCUT2D eigenvalue weighted by atomic mass is 35.5. The highest BCUT2D eigenvalue weighted by molar-refractivity contribution is 6.17. The lowest BCUT2D eigenvalue weighted by atomic mass is 10.2. The molecule has 2 heterocycles. The minimum atomic E-state index is -0.162. The van der Waals surface area contributed by atoms with Gasteiger partial charge < -0.3 is 9.80 Å². The summed E-state index contributed by atoms with van der Waals surface area (Å²) in [7, 11) is 0. The molecule has 0 saturated carbocycles. The van der Waals surface area contributed by atoms with Gasteiger partial charge in [-0.05, 0) is 18.2 Å². The van der Waals surface area contributed by atoms with Crippen molar-refractivity contribution in [2.24, 2.45) is 0 Å². The zero-order chi connectivity index (χ0) is 14.7. The van der Waals surface area contributed by atoms with Crippen LogP contribution in [0, 0.1) is 5.82 Å². The Morgan fingerprint density at radius 1 is 1.00 bits per heavy atom. The Balaban J connectivity index is 1.72. The van der Waals surface area contributed by atoms with Gasteiger partial charge in [-0.1, -0.05) is 18.2 Å². The van der Waals surface area contributed by atoms with Crippen LogP contribution in [-0.2, 0) is 5.88 Å². The number of hydrogen-bond acceptors (Lipinski definition) is 3. The van der Waals surface area contributed by atoms with Crippen molar-refractivity contribution in [2.45, 2.75) is 5.88 Å². The number of nitrogens with zero attached hydrogens (tertiary/aromatic N) is 3. The lowest BCUT2D eigenvalue weighted by Crippen LogP contribution is -2.47. The fraction of sp³-hybridized carbons (Fsp3) is 0.312. The fourth-order valence-corrected chi connectivity index (χ4v) is 2.90. The largest absolute Gasteiger partial charge is 0.366 e. The molecule has 0 spiro atoms. The zero-order valence-electron chi connectivity index (χ0n) is 11.7. The molecule has 0 bridgehead atoms. The van der Waals surface area contributed by atoms with Gasteiger partial charge in [0.1, 0.15) is 11.6 Å². The van der Waals surface area contributed by atoms with Crippen LogP contribution in [0.2, 0.25) is 0 Å². The third-order valence-corrected chi connectivity index (χ3v) is 4.07. The second-order valence-corrected chi connectivity index (χ2v) is 5.31. The summed E-state index contributed by atoms with van der Waals surface area (Å²) in [5.41, 5.74) is 1.72. The van der Waals surface area contributed by atoms with Gasteiger partial charge in [-0.3, -0.25) is 0 Å². The van der Waals surface area contributed by atoms with E-state index in [1.807, 2.05) is 24.3 Å². The average Bonchev–Trinajstić information content (AvgIpc) is 2.55. The van der Waals surface area contributed by atoms with Gasteiger partial charge in [0.05, 0.1) is 11.6 Å². The Morgan fingerprint density at radius 3 is 2.43 bits per heavy atom. The van der Waals surface area contributed by atoms with E-state index in [1.165, 1.54) is 6.07 Å². The van der Waals surface area contributed by atoms with Crippen molar-refractivity contribution in [3.63, 3.8) is 0 Å². The predicted octanol–water partition coefficient (Wildman–Crippen LogP) is 3.29. The minimum absolute atomic E-state index is 0.162. The second-order valence-electron chi connectivity index (χ2n) is 5.05. The molecule has 1 aromatic carbocycles. The smallest absolute Gasteiger partial charge is 0.146 e. The maximum Gasteiger partial charge on any atom is 0.146 e. The van der Waals surface area contributed by atoms with Crippen molar-refractivity contribution >= 4 is 23.1 Å². The average molecular weight is 306 g/mol. The number of hydrogen-bond donors (Lipinski definition) is 0. The third-order valence-electron chi connectivity index (χ3n) is 3.78. The molecule has 21 heavy (non-hydrogen) atoms. The van der Waals surface area contributed by atoms with Gasteiger partial charge in [0.15, 0.2) is 0 Å². The van der Waals surface area contributed by atoms with Crippen molar-refractivity contribution in [2.75, 3.05) is 36.0 Å². The molecule has 2 aromatic rings. The van der Waals surface area contributed by atoms with E-state index in [2.05, 4.69) is 14.8 Å². The highest BCUT2D eigenvalue weighted by Gasteiger charge is 2.21. The summed E-state index contributed by atoms with van der Waals surface area (Å²) in [6.45, 7) is 3.18. The summed E-state index contributed by atoms with van der Waals surface area (Å²) >= 11 is 5.97. The van der Waals surface area contributed by atoms with E-state index in [1.54, 1.807) is 12.3 Å². The first-order valence-corrected chi connectivity index (χ1v) is 7.57. The monoisotopic (exact) mass is 305 g/mol. The molecule has 1 saturated heterocycles. The first-order chi connectivity index (χ1) is 10.3. The number of piperazine rings is 1. The topological polar surface area (TPSA) is 19.4 Å². The van der Waals surface area contributed by atoms with E-state index in [-0.39, 0.29) is 5.82 Å².